The molecule has 1 N–H and O–H groups in total. The average Bonchev–Trinajstić information content (AvgIpc) is 3.05. The number of halogens is 2. The molecule has 1 aromatic carbocycles. The van der Waals surface area contributed by atoms with E-state index in [0.717, 1.165) is 12.5 Å². The van der Waals surface area contributed by atoms with Gasteiger partial charge in [-0.05, 0) is 30.5 Å². The summed E-state index contributed by atoms with van der Waals surface area (Å²) < 4.78 is 38.4. The Morgan fingerprint density at radius 2 is 2.09 bits per heavy atom. The maximum atomic E-state index is 13.9. The van der Waals surface area contributed by atoms with Gasteiger partial charge >= 0.3 is 0 Å². The first-order valence-corrected chi connectivity index (χ1v) is 7.60. The van der Waals surface area contributed by atoms with E-state index < -0.39 is 18.6 Å². The molecule has 4 atom stereocenters. The molecule has 1 aromatic rings. The monoisotopic (exact) mass is 310 g/mol. The molecule has 3 rings (SSSR count). The number of aliphatic hydroxyl groups excluding tert-OH is 1. The Morgan fingerprint density at radius 1 is 1.32 bits per heavy atom. The van der Waals surface area contributed by atoms with Gasteiger partial charge in [0.05, 0.1) is 12.2 Å². The van der Waals surface area contributed by atoms with Crippen molar-refractivity contribution in [3.05, 3.63) is 42.5 Å². The minimum absolute atomic E-state index is 0.0128. The first-order valence-electron chi connectivity index (χ1n) is 7.60. The van der Waals surface area contributed by atoms with Crippen molar-refractivity contribution < 1.29 is 23.4 Å². The van der Waals surface area contributed by atoms with Crippen LogP contribution in [0.15, 0.2) is 42.5 Å². The second-order valence-electron chi connectivity index (χ2n) is 5.96. The maximum absolute atomic E-state index is 13.9. The summed E-state index contributed by atoms with van der Waals surface area (Å²) in [5.74, 6) is -2.75. The molecule has 1 saturated carbocycles. The minimum atomic E-state index is -3.06. The first-order chi connectivity index (χ1) is 10.6. The van der Waals surface area contributed by atoms with Gasteiger partial charge in [-0.1, -0.05) is 24.3 Å². The largest absolute Gasteiger partial charge is 0.487 e. The molecule has 3 nitrogen and oxygen atoms in total. The molecule has 0 aromatic heterocycles. The van der Waals surface area contributed by atoms with E-state index in [0.29, 0.717) is 18.8 Å². The maximum Gasteiger partial charge on any atom is 0.299 e. The lowest BCUT2D eigenvalue weighted by molar-refractivity contribution is 0.00412. The van der Waals surface area contributed by atoms with Crippen molar-refractivity contribution in [2.75, 3.05) is 13.2 Å². The van der Waals surface area contributed by atoms with Gasteiger partial charge in [0.15, 0.2) is 6.61 Å². The number of benzene rings is 1. The van der Waals surface area contributed by atoms with Gasteiger partial charge in [-0.15, -0.1) is 0 Å². The van der Waals surface area contributed by atoms with Crippen LogP contribution in [0.5, 0.6) is 5.75 Å². The predicted octanol–water partition coefficient (Wildman–Crippen LogP) is 3.04. The van der Waals surface area contributed by atoms with Gasteiger partial charge in [0.25, 0.3) is 5.92 Å². The van der Waals surface area contributed by atoms with Crippen LogP contribution in [-0.4, -0.2) is 36.5 Å². The van der Waals surface area contributed by atoms with E-state index in [-0.39, 0.29) is 17.9 Å². The quantitative estimate of drug-likeness (QED) is 0.850. The standard InChI is InChI=1S/C17H20F2O3/c18-17(19,11-22-12-4-2-1-3-5-12)8-6-13-14-7-9-21-16(14)10-15(13)20/h1-6,8,13-16,20H,7,9-11H2/b8-6+/t13-,14-,15-,16+/m1/s1. The number of alkyl halides is 2. The van der Waals surface area contributed by atoms with Gasteiger partial charge < -0.3 is 14.6 Å². The molecule has 5 heteroatoms. The molecule has 0 unspecified atom stereocenters. The molecule has 0 amide bonds. The number of aliphatic hydroxyl groups is 1. The summed E-state index contributed by atoms with van der Waals surface area (Å²) in [4.78, 5) is 0. The van der Waals surface area contributed by atoms with Gasteiger partial charge in [0.1, 0.15) is 5.75 Å². The Labute approximate surface area is 128 Å². The van der Waals surface area contributed by atoms with E-state index in [1.165, 1.54) is 6.08 Å². The zero-order valence-corrected chi connectivity index (χ0v) is 12.2. The van der Waals surface area contributed by atoms with Crippen LogP contribution in [0.2, 0.25) is 0 Å². The van der Waals surface area contributed by atoms with Crippen LogP contribution in [0.1, 0.15) is 12.8 Å². The van der Waals surface area contributed by atoms with Crippen LogP contribution in [0.4, 0.5) is 8.78 Å². The molecule has 22 heavy (non-hydrogen) atoms. The number of para-hydroxylation sites is 1. The third kappa shape index (κ3) is 3.47. The fourth-order valence-corrected chi connectivity index (χ4v) is 3.30. The van der Waals surface area contributed by atoms with Gasteiger partial charge in [-0.3, -0.25) is 0 Å². The lowest BCUT2D eigenvalue weighted by Gasteiger charge is -2.18. The Hall–Kier alpha value is -1.46. The zero-order chi connectivity index (χ0) is 15.6. The molecule has 1 aliphatic carbocycles. The molecule has 0 radical (unpaired) electrons. The molecular formula is C17H20F2O3. The summed E-state index contributed by atoms with van der Waals surface area (Å²) in [6.45, 7) is -0.0547. The Bertz CT molecular complexity index is 518. The van der Waals surface area contributed by atoms with Crippen molar-refractivity contribution >= 4 is 0 Å². The topological polar surface area (TPSA) is 38.7 Å². The van der Waals surface area contributed by atoms with Crippen molar-refractivity contribution in [2.24, 2.45) is 11.8 Å². The summed E-state index contributed by atoms with van der Waals surface area (Å²) in [5, 5.41) is 9.99. The predicted molar refractivity (Wildman–Crippen MR) is 78.0 cm³/mol. The molecule has 1 aliphatic heterocycles. The van der Waals surface area contributed by atoms with Gasteiger partial charge in [0.2, 0.25) is 0 Å². The van der Waals surface area contributed by atoms with E-state index in [1.54, 1.807) is 30.3 Å². The summed E-state index contributed by atoms with van der Waals surface area (Å²) in [7, 11) is 0. The Morgan fingerprint density at radius 3 is 2.86 bits per heavy atom. The van der Waals surface area contributed by atoms with Crippen LogP contribution >= 0.6 is 0 Å². The first kappa shape index (κ1) is 15.4. The molecule has 0 spiro atoms. The lowest BCUT2D eigenvalue weighted by Crippen LogP contribution is -2.24. The molecule has 120 valence electrons. The SMILES string of the molecule is O[C@@H]1C[C@@H]2OCC[C@@H]2[C@H]1/C=C/C(F)(F)COc1ccccc1. The highest BCUT2D eigenvalue weighted by Crippen LogP contribution is 2.41. The van der Waals surface area contributed by atoms with Gasteiger partial charge in [-0.25, -0.2) is 0 Å². The van der Waals surface area contributed by atoms with Crippen molar-refractivity contribution in [1.29, 1.82) is 0 Å². The van der Waals surface area contributed by atoms with Crippen LogP contribution in [0, 0.1) is 11.8 Å². The van der Waals surface area contributed by atoms with Crippen molar-refractivity contribution in [3.63, 3.8) is 0 Å². The molecule has 2 aliphatic rings. The highest BCUT2D eigenvalue weighted by molar-refractivity contribution is 5.21. The van der Waals surface area contributed by atoms with E-state index in [9.17, 15) is 13.9 Å². The lowest BCUT2D eigenvalue weighted by atomic mass is 9.91. The van der Waals surface area contributed by atoms with Crippen molar-refractivity contribution in [3.8, 4) is 5.75 Å². The molecular weight excluding hydrogens is 290 g/mol. The number of ether oxygens (including phenoxy) is 2. The average molecular weight is 310 g/mol. The fraction of sp³-hybridized carbons (Fsp3) is 0.529. The molecule has 1 saturated heterocycles. The summed E-state index contributed by atoms with van der Waals surface area (Å²) in [6, 6.07) is 8.55. The van der Waals surface area contributed by atoms with E-state index in [1.807, 2.05) is 0 Å². The summed E-state index contributed by atoms with van der Waals surface area (Å²) >= 11 is 0. The normalized spacial score (nSPS) is 31.6. The van der Waals surface area contributed by atoms with Crippen LogP contribution < -0.4 is 4.74 Å². The minimum Gasteiger partial charge on any atom is -0.487 e. The highest BCUT2D eigenvalue weighted by atomic mass is 19.3. The van der Waals surface area contributed by atoms with Crippen molar-refractivity contribution in [2.45, 2.75) is 31.0 Å². The second-order valence-corrected chi connectivity index (χ2v) is 5.96. The Balaban J connectivity index is 1.58. The summed E-state index contributed by atoms with van der Waals surface area (Å²) in [6.07, 6.45) is 3.08. The van der Waals surface area contributed by atoms with Crippen molar-refractivity contribution in [1.82, 2.24) is 0 Å². The van der Waals surface area contributed by atoms with Crippen LogP contribution in [0.25, 0.3) is 0 Å². The third-order valence-corrected chi connectivity index (χ3v) is 4.41. The van der Waals surface area contributed by atoms with Crippen LogP contribution in [0.3, 0.4) is 0 Å². The molecule has 2 fully saturated rings. The second kappa shape index (κ2) is 6.34. The molecule has 0 bridgehead atoms. The number of rotatable bonds is 5. The van der Waals surface area contributed by atoms with E-state index in [2.05, 4.69) is 0 Å². The van der Waals surface area contributed by atoms with Gasteiger partial charge in [-0.2, -0.15) is 8.78 Å². The number of hydrogen-bond acceptors (Lipinski definition) is 3. The number of hydrogen-bond donors (Lipinski definition) is 1. The van der Waals surface area contributed by atoms with Crippen LogP contribution in [-0.2, 0) is 4.74 Å². The summed E-state index contributed by atoms with van der Waals surface area (Å²) in [5.41, 5.74) is 0. The van der Waals surface area contributed by atoms with E-state index >= 15 is 0 Å². The fourth-order valence-electron chi connectivity index (χ4n) is 3.30. The Kier molecular flexibility index (Phi) is 4.45. The highest BCUT2D eigenvalue weighted by Gasteiger charge is 2.45. The smallest absolute Gasteiger partial charge is 0.299 e. The van der Waals surface area contributed by atoms with Gasteiger partial charge in [0, 0.05) is 18.9 Å². The zero-order valence-electron chi connectivity index (χ0n) is 12.2. The van der Waals surface area contributed by atoms with E-state index in [4.69, 9.17) is 9.47 Å². The number of fused-ring (bicyclic) bond motifs is 1. The molecule has 1 heterocycles. The third-order valence-electron chi connectivity index (χ3n) is 4.41.